The standard InChI is InChI=1S/C13H18BrClN2O/c14-11-9-10(6-7-12(11)15)17-13(18)5-3-1-2-4-8-16/h6-7,9H,1-5,8,16H2,(H,17,18). The fraction of sp³-hybridized carbons (Fsp3) is 0.462. The quantitative estimate of drug-likeness (QED) is 0.742. The molecule has 100 valence electrons. The van der Waals surface area contributed by atoms with Crippen LogP contribution in [0.3, 0.4) is 0 Å². The van der Waals surface area contributed by atoms with Crippen molar-refractivity contribution in [2.75, 3.05) is 11.9 Å². The molecule has 3 nitrogen and oxygen atoms in total. The summed E-state index contributed by atoms with van der Waals surface area (Å²) in [6.45, 7) is 0.727. The normalized spacial score (nSPS) is 10.4. The minimum absolute atomic E-state index is 0.0389. The number of carbonyl (C=O) groups is 1. The first-order valence-electron chi connectivity index (χ1n) is 6.08. The molecule has 5 heteroatoms. The molecule has 0 aliphatic carbocycles. The van der Waals surface area contributed by atoms with Crippen molar-refractivity contribution in [3.05, 3.63) is 27.7 Å². The van der Waals surface area contributed by atoms with Crippen molar-refractivity contribution >= 4 is 39.1 Å². The lowest BCUT2D eigenvalue weighted by Crippen LogP contribution is -2.11. The number of nitrogens with two attached hydrogens (primary N) is 1. The summed E-state index contributed by atoms with van der Waals surface area (Å²) in [6, 6.07) is 5.34. The van der Waals surface area contributed by atoms with Crippen LogP contribution < -0.4 is 11.1 Å². The zero-order chi connectivity index (χ0) is 13.4. The number of hydrogen-bond donors (Lipinski definition) is 2. The summed E-state index contributed by atoms with van der Waals surface area (Å²) >= 11 is 9.20. The molecule has 0 aromatic heterocycles. The largest absolute Gasteiger partial charge is 0.330 e. The smallest absolute Gasteiger partial charge is 0.224 e. The molecule has 1 rings (SSSR count). The number of hydrogen-bond acceptors (Lipinski definition) is 2. The molecule has 0 fully saturated rings. The minimum atomic E-state index is 0.0389. The van der Waals surface area contributed by atoms with Crippen molar-refractivity contribution in [3.63, 3.8) is 0 Å². The van der Waals surface area contributed by atoms with Gasteiger partial charge in [0, 0.05) is 16.6 Å². The van der Waals surface area contributed by atoms with Crippen LogP contribution >= 0.6 is 27.5 Å². The maximum absolute atomic E-state index is 11.7. The van der Waals surface area contributed by atoms with Crippen LogP contribution in [0.15, 0.2) is 22.7 Å². The van der Waals surface area contributed by atoms with Gasteiger partial charge in [0.2, 0.25) is 5.91 Å². The summed E-state index contributed by atoms with van der Waals surface area (Å²) in [5.74, 6) is 0.0389. The number of unbranched alkanes of at least 4 members (excludes halogenated alkanes) is 3. The van der Waals surface area contributed by atoms with E-state index in [2.05, 4.69) is 21.2 Å². The van der Waals surface area contributed by atoms with E-state index in [1.165, 1.54) is 0 Å². The van der Waals surface area contributed by atoms with E-state index in [0.29, 0.717) is 11.4 Å². The molecule has 1 aromatic carbocycles. The van der Waals surface area contributed by atoms with Crippen molar-refractivity contribution in [1.82, 2.24) is 0 Å². The molecule has 0 spiro atoms. The zero-order valence-corrected chi connectivity index (χ0v) is 12.6. The lowest BCUT2D eigenvalue weighted by molar-refractivity contribution is -0.116. The predicted octanol–water partition coefficient (Wildman–Crippen LogP) is 3.95. The number of amides is 1. The van der Waals surface area contributed by atoms with Crippen molar-refractivity contribution in [2.24, 2.45) is 5.73 Å². The second-order valence-electron chi connectivity index (χ2n) is 4.13. The molecule has 0 unspecified atom stereocenters. The Balaban J connectivity index is 2.29. The molecule has 0 atom stereocenters. The van der Waals surface area contributed by atoms with E-state index >= 15 is 0 Å². The maximum atomic E-state index is 11.7. The highest BCUT2D eigenvalue weighted by atomic mass is 79.9. The fourth-order valence-corrected chi connectivity index (χ4v) is 2.08. The molecule has 3 N–H and O–H groups in total. The summed E-state index contributed by atoms with van der Waals surface area (Å²) in [5, 5.41) is 3.48. The van der Waals surface area contributed by atoms with Crippen LogP contribution in [0.4, 0.5) is 5.69 Å². The third-order valence-corrected chi connectivity index (χ3v) is 3.78. The van der Waals surface area contributed by atoms with E-state index in [-0.39, 0.29) is 5.91 Å². The first-order chi connectivity index (χ1) is 8.63. The molecule has 0 aliphatic rings. The molecular weight excluding hydrogens is 316 g/mol. The van der Waals surface area contributed by atoms with E-state index in [0.717, 1.165) is 42.4 Å². The average Bonchev–Trinajstić information content (AvgIpc) is 2.34. The van der Waals surface area contributed by atoms with E-state index in [1.807, 2.05) is 0 Å². The second kappa shape index (κ2) is 8.51. The molecular formula is C13H18BrClN2O. The van der Waals surface area contributed by atoms with Crippen LogP contribution in [0, 0.1) is 0 Å². The fourth-order valence-electron chi connectivity index (χ4n) is 1.58. The predicted molar refractivity (Wildman–Crippen MR) is 79.9 cm³/mol. The van der Waals surface area contributed by atoms with E-state index in [4.69, 9.17) is 17.3 Å². The maximum Gasteiger partial charge on any atom is 0.224 e. The first-order valence-corrected chi connectivity index (χ1v) is 7.25. The number of carbonyl (C=O) groups excluding carboxylic acids is 1. The summed E-state index contributed by atoms with van der Waals surface area (Å²) in [6.07, 6.45) is 4.63. The Kier molecular flexibility index (Phi) is 7.32. The Morgan fingerprint density at radius 2 is 2.00 bits per heavy atom. The van der Waals surface area contributed by atoms with Gasteiger partial charge in [0.25, 0.3) is 0 Å². The van der Waals surface area contributed by atoms with Gasteiger partial charge < -0.3 is 11.1 Å². The topological polar surface area (TPSA) is 55.1 Å². The van der Waals surface area contributed by atoms with Gasteiger partial charge in [-0.15, -0.1) is 0 Å². The molecule has 0 saturated heterocycles. The Bertz CT molecular complexity index is 399. The lowest BCUT2D eigenvalue weighted by Gasteiger charge is -2.06. The lowest BCUT2D eigenvalue weighted by atomic mass is 10.1. The number of rotatable bonds is 7. The van der Waals surface area contributed by atoms with Crippen LogP contribution in [0.1, 0.15) is 32.1 Å². The molecule has 18 heavy (non-hydrogen) atoms. The third-order valence-electron chi connectivity index (χ3n) is 2.56. The first kappa shape index (κ1) is 15.5. The van der Waals surface area contributed by atoms with Gasteiger partial charge in [-0.25, -0.2) is 0 Å². The van der Waals surface area contributed by atoms with Crippen LogP contribution in [0.5, 0.6) is 0 Å². The molecule has 0 aliphatic heterocycles. The van der Waals surface area contributed by atoms with Gasteiger partial charge >= 0.3 is 0 Å². The Hall–Kier alpha value is -0.580. The molecule has 1 aromatic rings. The van der Waals surface area contributed by atoms with Gasteiger partial charge in [0.1, 0.15) is 0 Å². The van der Waals surface area contributed by atoms with Crippen molar-refractivity contribution in [1.29, 1.82) is 0 Å². The number of halogens is 2. The molecule has 0 saturated carbocycles. The van der Waals surface area contributed by atoms with Crippen molar-refractivity contribution in [3.8, 4) is 0 Å². The van der Waals surface area contributed by atoms with Crippen molar-refractivity contribution in [2.45, 2.75) is 32.1 Å². The Morgan fingerprint density at radius 1 is 1.28 bits per heavy atom. The summed E-state index contributed by atoms with van der Waals surface area (Å²) in [4.78, 5) is 11.7. The van der Waals surface area contributed by atoms with Crippen LogP contribution in [0.2, 0.25) is 5.02 Å². The van der Waals surface area contributed by atoms with Crippen LogP contribution in [-0.4, -0.2) is 12.5 Å². The summed E-state index contributed by atoms with van der Waals surface area (Å²) in [7, 11) is 0. The van der Waals surface area contributed by atoms with Gasteiger partial charge in [-0.2, -0.15) is 0 Å². The monoisotopic (exact) mass is 332 g/mol. The van der Waals surface area contributed by atoms with Gasteiger partial charge in [-0.1, -0.05) is 24.4 Å². The Morgan fingerprint density at radius 3 is 2.67 bits per heavy atom. The Labute approximate surface area is 121 Å². The number of benzene rings is 1. The number of anilines is 1. The van der Waals surface area contributed by atoms with Crippen LogP contribution in [0.25, 0.3) is 0 Å². The highest BCUT2D eigenvalue weighted by Crippen LogP contribution is 2.25. The highest BCUT2D eigenvalue weighted by Gasteiger charge is 2.04. The van der Waals surface area contributed by atoms with Gasteiger partial charge in [0.15, 0.2) is 0 Å². The van der Waals surface area contributed by atoms with Gasteiger partial charge in [-0.05, 0) is 53.5 Å². The zero-order valence-electron chi connectivity index (χ0n) is 10.2. The third kappa shape index (κ3) is 5.85. The summed E-state index contributed by atoms with van der Waals surface area (Å²) in [5.41, 5.74) is 6.17. The molecule has 0 heterocycles. The number of nitrogens with one attached hydrogen (secondary N) is 1. The van der Waals surface area contributed by atoms with Crippen molar-refractivity contribution < 1.29 is 4.79 Å². The van der Waals surface area contributed by atoms with Crippen LogP contribution in [-0.2, 0) is 4.79 Å². The molecule has 1 amide bonds. The minimum Gasteiger partial charge on any atom is -0.330 e. The van der Waals surface area contributed by atoms with Gasteiger partial charge in [-0.3, -0.25) is 4.79 Å². The SMILES string of the molecule is NCCCCCCC(=O)Nc1ccc(Cl)c(Br)c1. The molecule has 0 radical (unpaired) electrons. The summed E-state index contributed by atoms with van der Waals surface area (Å²) < 4.78 is 0.782. The van der Waals surface area contributed by atoms with E-state index in [9.17, 15) is 4.79 Å². The highest BCUT2D eigenvalue weighted by molar-refractivity contribution is 9.10. The van der Waals surface area contributed by atoms with E-state index < -0.39 is 0 Å². The van der Waals surface area contributed by atoms with Gasteiger partial charge in [0.05, 0.1) is 5.02 Å². The second-order valence-corrected chi connectivity index (χ2v) is 5.39. The molecule has 0 bridgehead atoms. The van der Waals surface area contributed by atoms with E-state index in [1.54, 1.807) is 18.2 Å². The average molecular weight is 334 g/mol.